The maximum absolute atomic E-state index is 5.61. The normalized spacial score (nSPS) is 10.4. The van der Waals surface area contributed by atoms with E-state index in [1.165, 1.54) is 6.33 Å². The average molecular weight is 357 g/mol. The van der Waals surface area contributed by atoms with Crippen LogP contribution < -0.4 is 35.3 Å². The molecule has 122 valence electrons. The van der Waals surface area contributed by atoms with Gasteiger partial charge in [-0.05, 0) is 39.0 Å². The van der Waals surface area contributed by atoms with Crippen LogP contribution in [0.5, 0.6) is 0 Å². The van der Waals surface area contributed by atoms with Gasteiger partial charge < -0.3 is 30.9 Å². The van der Waals surface area contributed by atoms with Crippen LogP contribution in [0.2, 0.25) is 6.04 Å². The summed E-state index contributed by atoms with van der Waals surface area (Å²) in [5.41, 5.74) is 5.19. The summed E-state index contributed by atoms with van der Waals surface area (Å²) in [6.07, 6.45) is 2.11. The molecule has 1 heterocycles. The molecule has 0 aromatic carbocycles. The minimum atomic E-state index is -2.36. The van der Waals surface area contributed by atoms with Gasteiger partial charge in [0.2, 0.25) is 10.7 Å². The topological polar surface area (TPSA) is 95.3 Å². The Morgan fingerprint density at radius 3 is 1.95 bits per heavy atom. The van der Waals surface area contributed by atoms with Gasteiger partial charge in [0, 0.05) is 19.8 Å². The van der Waals surface area contributed by atoms with Crippen molar-refractivity contribution in [1.82, 2.24) is 15.0 Å². The summed E-state index contributed by atoms with van der Waals surface area (Å²) in [4.78, 5) is 9.73. The molecule has 0 aliphatic carbocycles. The summed E-state index contributed by atoms with van der Waals surface area (Å²) >= 11 is 4.61. The first kappa shape index (κ1) is 24.4. The van der Waals surface area contributed by atoms with Crippen LogP contribution in [-0.2, 0) is 13.3 Å². The van der Waals surface area contributed by atoms with E-state index in [2.05, 4.69) is 34.1 Å². The molecule has 0 aliphatic heterocycles. The first-order valence-corrected chi connectivity index (χ1v) is 9.25. The van der Waals surface area contributed by atoms with Gasteiger partial charge in [-0.15, -0.1) is 0 Å². The Balaban J connectivity index is 0. The Morgan fingerprint density at radius 2 is 1.68 bits per heavy atom. The zero-order valence-corrected chi connectivity index (χ0v) is 17.7. The van der Waals surface area contributed by atoms with Gasteiger partial charge in [0.25, 0.3) is 0 Å². The Morgan fingerprint density at radius 1 is 1.18 bits per heavy atom. The first-order chi connectivity index (χ1) is 10.0. The van der Waals surface area contributed by atoms with Gasteiger partial charge in [-0.3, -0.25) is 0 Å². The molecule has 0 fully saturated rings. The maximum Gasteiger partial charge on any atom is 1.00 e. The van der Waals surface area contributed by atoms with Crippen LogP contribution in [0.25, 0.3) is 0 Å². The summed E-state index contributed by atoms with van der Waals surface area (Å²) < 4.78 is 17.2. The number of nitrogens with one attached hydrogen (secondary N) is 1. The van der Waals surface area contributed by atoms with Crippen molar-refractivity contribution in [2.75, 3.05) is 25.6 Å². The van der Waals surface area contributed by atoms with Crippen molar-refractivity contribution in [3.8, 4) is 0 Å². The van der Waals surface area contributed by atoms with Crippen molar-refractivity contribution < 1.29 is 42.8 Å². The summed E-state index contributed by atoms with van der Waals surface area (Å²) in [5.74, 6) is 0.296. The molecule has 0 radical (unpaired) electrons. The number of anilines is 1. The summed E-state index contributed by atoms with van der Waals surface area (Å²) in [6, 6.07) is 0.808. The van der Waals surface area contributed by atoms with Gasteiger partial charge in [-0.25, -0.2) is 9.97 Å². The molecule has 3 N–H and O–H groups in total. The van der Waals surface area contributed by atoms with Crippen LogP contribution in [0.4, 0.5) is 5.95 Å². The minimum absolute atomic E-state index is 0. The quantitative estimate of drug-likeness (QED) is 0.364. The Hall–Kier alpha value is 0.127. The molecule has 0 saturated heterocycles. The van der Waals surface area contributed by atoms with Crippen molar-refractivity contribution in [1.29, 1.82) is 0 Å². The zero-order chi connectivity index (χ0) is 16.1. The fourth-order valence-corrected chi connectivity index (χ4v) is 4.12. The number of hydrogen-bond donors (Lipinski definition) is 2. The van der Waals surface area contributed by atoms with Crippen LogP contribution >= 0.6 is 12.2 Å². The molecule has 22 heavy (non-hydrogen) atoms. The molecule has 10 heteroatoms. The number of H-pyrrole nitrogens is 1. The fourth-order valence-electron chi connectivity index (χ4n) is 1.54. The van der Waals surface area contributed by atoms with Crippen LogP contribution in [0.3, 0.4) is 0 Å². The van der Waals surface area contributed by atoms with Crippen LogP contribution in [0.15, 0.2) is 6.33 Å². The van der Waals surface area contributed by atoms with Crippen molar-refractivity contribution in [3.05, 3.63) is 18.0 Å². The molecule has 1 aromatic heterocycles. The van der Waals surface area contributed by atoms with E-state index >= 15 is 0 Å². The molecular weight excluding hydrogens is 331 g/mol. The molecule has 0 aliphatic rings. The van der Waals surface area contributed by atoms with Crippen molar-refractivity contribution in [3.63, 3.8) is 0 Å². The molecule has 0 unspecified atom stereocenters. The van der Waals surface area contributed by atoms with Crippen molar-refractivity contribution in [2.45, 2.75) is 33.2 Å². The van der Waals surface area contributed by atoms with Gasteiger partial charge in [-0.1, -0.05) is 0 Å². The van der Waals surface area contributed by atoms with E-state index in [0.717, 1.165) is 12.5 Å². The third-order valence-electron chi connectivity index (χ3n) is 2.18. The largest absolute Gasteiger partial charge is 1.00 e. The van der Waals surface area contributed by atoms with Crippen molar-refractivity contribution >= 4 is 27.0 Å². The summed E-state index contributed by atoms with van der Waals surface area (Å²) in [5, 5.41) is 0. The van der Waals surface area contributed by atoms with E-state index in [1.54, 1.807) is 0 Å². The monoisotopic (exact) mass is 356 g/mol. The number of nitrogens with two attached hydrogens (primary N) is 1. The fraction of sp³-hybridized carbons (Fsp3) is 0.667. The van der Waals surface area contributed by atoms with Gasteiger partial charge >= 0.3 is 38.4 Å². The Bertz CT molecular complexity index is 409. The van der Waals surface area contributed by atoms with E-state index in [4.69, 9.17) is 19.0 Å². The number of aromatic nitrogens is 3. The maximum atomic E-state index is 5.61. The van der Waals surface area contributed by atoms with Gasteiger partial charge in [0.1, 0.15) is 6.33 Å². The van der Waals surface area contributed by atoms with E-state index in [-0.39, 0.29) is 29.6 Å². The second-order valence-corrected chi connectivity index (χ2v) is 6.89. The number of hydrogen-bond acceptors (Lipinski definition) is 7. The van der Waals surface area contributed by atoms with Gasteiger partial charge in [0.15, 0.2) is 0 Å². The predicted molar refractivity (Wildman–Crippen MR) is 87.0 cm³/mol. The van der Waals surface area contributed by atoms with Crippen LogP contribution in [-0.4, -0.2) is 43.6 Å². The third kappa shape index (κ3) is 10.8. The number of nitrogen functional groups attached to an aromatic ring is 1. The second-order valence-electron chi connectivity index (χ2n) is 3.77. The van der Waals surface area contributed by atoms with Crippen LogP contribution in [0.1, 0.15) is 27.2 Å². The molecule has 0 saturated carbocycles. The van der Waals surface area contributed by atoms with Gasteiger partial charge in [0.05, 0.1) is 0 Å². The number of nitrogens with zero attached hydrogens (tertiary/aromatic N) is 2. The van der Waals surface area contributed by atoms with Gasteiger partial charge in [-0.2, -0.15) is 6.42 Å². The molecule has 0 spiro atoms. The summed E-state index contributed by atoms with van der Waals surface area (Å²) in [7, 11) is -2.36. The van der Waals surface area contributed by atoms with Crippen molar-refractivity contribution in [2.24, 2.45) is 0 Å². The summed E-state index contributed by atoms with van der Waals surface area (Å²) in [6.45, 7) is 11.6. The molecule has 0 atom stereocenters. The van der Waals surface area contributed by atoms with Crippen LogP contribution in [0, 0.1) is 11.7 Å². The SMILES string of the molecule is Nc1ncnc(=S)[nH]1.[CH2-]CC[Si](OCC)(OCC)OCC.[Na+]. The van der Waals surface area contributed by atoms with E-state index in [1.807, 2.05) is 20.8 Å². The molecule has 1 aromatic rings. The number of aromatic amines is 1. The zero-order valence-electron chi connectivity index (χ0n) is 13.9. The molecule has 7 nitrogen and oxygen atoms in total. The van der Waals surface area contributed by atoms with E-state index in [0.29, 0.717) is 30.5 Å². The second kappa shape index (κ2) is 14.7. The molecular formula is C12H25N4NaO3SSi. The van der Waals surface area contributed by atoms with E-state index in [9.17, 15) is 0 Å². The first-order valence-electron chi connectivity index (χ1n) is 6.91. The smallest absolute Gasteiger partial charge is 0.374 e. The standard InChI is InChI=1S/C9H21O3Si.C3H4N4S.Na/c1-5-9-13(10-6-2,11-7-3)12-8-4;4-2-5-1-6-3(8)7-2;/h1,5-9H2,2-4H3;1H,(H3,4,5,6,7,8);/q-1;;+1. The van der Waals surface area contributed by atoms with E-state index < -0.39 is 8.80 Å². The Labute approximate surface area is 161 Å². The number of rotatable bonds is 8. The average Bonchev–Trinajstić information content (AvgIpc) is 2.40. The molecule has 0 amide bonds. The molecule has 1 rings (SSSR count). The minimum Gasteiger partial charge on any atom is -0.374 e. The molecule has 0 bridgehead atoms. The Kier molecular flexibility index (Phi) is 16.3. The third-order valence-corrected chi connectivity index (χ3v) is 5.54. The predicted octanol–water partition coefficient (Wildman–Crippen LogP) is -0.621.